The number of oxime groups is 1. The minimum absolute atomic E-state index is 0.0249. The lowest BCUT2D eigenvalue weighted by Gasteiger charge is -2.28. The number of nitrogens with two attached hydrogens (primary N) is 1. The standard InChI is InChI=1S/C13H17N3O3/c14-12(16-19)13(6-1-2-7-13)15-11(18)9-4-3-5-10(17)8-9/h3-5,8,17,19H,1-2,6-7H2,(H2,14,16)(H,15,18). The number of nitrogens with zero attached hydrogens (tertiary/aromatic N) is 1. The Hall–Kier alpha value is -2.24. The topological polar surface area (TPSA) is 108 Å². The van der Waals surface area contributed by atoms with Crippen LogP contribution in [0.2, 0.25) is 0 Å². The number of phenolic OH excluding ortho intramolecular Hbond substituents is 1. The van der Waals surface area contributed by atoms with Gasteiger partial charge in [0, 0.05) is 5.56 Å². The third kappa shape index (κ3) is 2.62. The van der Waals surface area contributed by atoms with Crippen molar-refractivity contribution in [3.63, 3.8) is 0 Å². The van der Waals surface area contributed by atoms with E-state index in [1.54, 1.807) is 12.1 Å². The first-order chi connectivity index (χ1) is 9.07. The molecule has 19 heavy (non-hydrogen) atoms. The number of hydrogen-bond donors (Lipinski definition) is 4. The molecule has 6 heteroatoms. The molecule has 1 aromatic rings. The van der Waals surface area contributed by atoms with Crippen LogP contribution in [0.4, 0.5) is 0 Å². The van der Waals surface area contributed by atoms with Gasteiger partial charge in [-0.25, -0.2) is 0 Å². The highest BCUT2D eigenvalue weighted by Crippen LogP contribution is 2.30. The van der Waals surface area contributed by atoms with Gasteiger partial charge in [0.15, 0.2) is 5.84 Å². The molecule has 0 saturated heterocycles. The molecule has 1 aliphatic carbocycles. The number of carbonyl (C=O) groups is 1. The molecular weight excluding hydrogens is 246 g/mol. The molecule has 0 heterocycles. The van der Waals surface area contributed by atoms with Crippen LogP contribution in [0.5, 0.6) is 5.75 Å². The van der Waals surface area contributed by atoms with Crippen LogP contribution in [0.1, 0.15) is 36.0 Å². The Balaban J connectivity index is 2.21. The molecule has 1 fully saturated rings. The van der Waals surface area contributed by atoms with E-state index in [0.717, 1.165) is 12.8 Å². The first-order valence-corrected chi connectivity index (χ1v) is 6.17. The normalized spacial score (nSPS) is 18.2. The van der Waals surface area contributed by atoms with Gasteiger partial charge in [-0.1, -0.05) is 24.1 Å². The quantitative estimate of drug-likeness (QED) is 0.284. The fourth-order valence-corrected chi connectivity index (χ4v) is 2.46. The maximum atomic E-state index is 12.2. The summed E-state index contributed by atoms with van der Waals surface area (Å²) in [7, 11) is 0. The van der Waals surface area contributed by atoms with Crippen molar-refractivity contribution < 1.29 is 15.1 Å². The van der Waals surface area contributed by atoms with Crippen molar-refractivity contribution in [1.29, 1.82) is 0 Å². The molecule has 0 bridgehead atoms. The molecule has 0 radical (unpaired) electrons. The lowest BCUT2D eigenvalue weighted by Crippen LogP contribution is -2.55. The highest BCUT2D eigenvalue weighted by molar-refractivity contribution is 6.00. The van der Waals surface area contributed by atoms with E-state index in [0.29, 0.717) is 18.4 Å². The Morgan fingerprint density at radius 1 is 1.37 bits per heavy atom. The predicted molar refractivity (Wildman–Crippen MR) is 70.2 cm³/mol. The summed E-state index contributed by atoms with van der Waals surface area (Å²) in [5.74, 6) is -0.292. The number of rotatable bonds is 3. The van der Waals surface area contributed by atoms with Crippen LogP contribution >= 0.6 is 0 Å². The maximum absolute atomic E-state index is 12.2. The number of amides is 1. The molecule has 1 aromatic carbocycles. The van der Waals surface area contributed by atoms with Crippen LogP contribution in [0.25, 0.3) is 0 Å². The molecule has 0 aliphatic heterocycles. The molecule has 2 rings (SSSR count). The molecule has 0 aromatic heterocycles. The number of benzene rings is 1. The van der Waals surface area contributed by atoms with Crippen LogP contribution in [0.15, 0.2) is 29.4 Å². The first kappa shape index (κ1) is 13.2. The number of carbonyl (C=O) groups excluding carboxylic acids is 1. The summed E-state index contributed by atoms with van der Waals surface area (Å²) in [6.45, 7) is 0. The minimum Gasteiger partial charge on any atom is -0.508 e. The van der Waals surface area contributed by atoms with E-state index in [-0.39, 0.29) is 17.5 Å². The van der Waals surface area contributed by atoms with Gasteiger partial charge in [0.2, 0.25) is 0 Å². The summed E-state index contributed by atoms with van der Waals surface area (Å²) < 4.78 is 0. The van der Waals surface area contributed by atoms with E-state index in [4.69, 9.17) is 10.9 Å². The van der Waals surface area contributed by atoms with Crippen molar-refractivity contribution >= 4 is 11.7 Å². The second kappa shape index (κ2) is 5.17. The lowest BCUT2D eigenvalue weighted by molar-refractivity contribution is 0.0922. The van der Waals surface area contributed by atoms with E-state index in [1.807, 2.05) is 0 Å². The third-order valence-corrected chi connectivity index (χ3v) is 3.52. The van der Waals surface area contributed by atoms with Gasteiger partial charge in [-0.3, -0.25) is 4.79 Å². The zero-order chi connectivity index (χ0) is 13.9. The summed E-state index contributed by atoms with van der Waals surface area (Å²) in [6.07, 6.45) is 3.12. The monoisotopic (exact) mass is 263 g/mol. The number of aromatic hydroxyl groups is 1. The molecule has 6 nitrogen and oxygen atoms in total. The van der Waals surface area contributed by atoms with Crippen molar-refractivity contribution in [2.75, 3.05) is 0 Å². The Bertz CT molecular complexity index is 508. The van der Waals surface area contributed by atoms with Gasteiger partial charge in [0.25, 0.3) is 5.91 Å². The lowest BCUT2D eigenvalue weighted by atomic mass is 9.95. The predicted octanol–water partition coefficient (Wildman–Crippen LogP) is 1.18. The first-order valence-electron chi connectivity index (χ1n) is 6.17. The number of phenols is 1. The summed E-state index contributed by atoms with van der Waals surface area (Å²) in [5.41, 5.74) is 5.27. The molecule has 5 N–H and O–H groups in total. The van der Waals surface area contributed by atoms with Gasteiger partial charge in [-0.15, -0.1) is 0 Å². The van der Waals surface area contributed by atoms with Crippen molar-refractivity contribution in [1.82, 2.24) is 5.32 Å². The SMILES string of the molecule is N/C(=N/O)C1(NC(=O)c2cccc(O)c2)CCCC1. The smallest absolute Gasteiger partial charge is 0.252 e. The number of amidine groups is 1. The Labute approximate surface area is 110 Å². The van der Waals surface area contributed by atoms with E-state index >= 15 is 0 Å². The molecule has 1 amide bonds. The minimum atomic E-state index is -0.780. The zero-order valence-electron chi connectivity index (χ0n) is 10.5. The van der Waals surface area contributed by atoms with Crippen LogP contribution in [0, 0.1) is 0 Å². The largest absolute Gasteiger partial charge is 0.508 e. The summed E-state index contributed by atoms with van der Waals surface area (Å²) in [6, 6.07) is 6.06. The van der Waals surface area contributed by atoms with Crippen LogP contribution in [0.3, 0.4) is 0 Å². The summed E-state index contributed by atoms with van der Waals surface area (Å²) in [5, 5.41) is 24.1. The van der Waals surface area contributed by atoms with Gasteiger partial charge < -0.3 is 21.4 Å². The van der Waals surface area contributed by atoms with Gasteiger partial charge >= 0.3 is 0 Å². The maximum Gasteiger partial charge on any atom is 0.252 e. The molecule has 1 saturated carbocycles. The van der Waals surface area contributed by atoms with E-state index in [9.17, 15) is 9.90 Å². The van der Waals surface area contributed by atoms with Crippen molar-refractivity contribution in [3.8, 4) is 5.75 Å². The fourth-order valence-electron chi connectivity index (χ4n) is 2.46. The Morgan fingerprint density at radius 2 is 2.05 bits per heavy atom. The van der Waals surface area contributed by atoms with E-state index in [2.05, 4.69) is 10.5 Å². The van der Waals surface area contributed by atoms with Crippen molar-refractivity contribution in [2.24, 2.45) is 10.9 Å². The van der Waals surface area contributed by atoms with Crippen LogP contribution < -0.4 is 11.1 Å². The van der Waals surface area contributed by atoms with Gasteiger partial charge in [0.05, 0.1) is 0 Å². The molecule has 102 valence electrons. The van der Waals surface area contributed by atoms with Gasteiger partial charge in [0.1, 0.15) is 11.3 Å². The van der Waals surface area contributed by atoms with E-state index in [1.165, 1.54) is 12.1 Å². The second-order valence-electron chi connectivity index (χ2n) is 4.78. The third-order valence-electron chi connectivity index (χ3n) is 3.52. The average molecular weight is 263 g/mol. The fraction of sp³-hybridized carbons (Fsp3) is 0.385. The highest BCUT2D eigenvalue weighted by Gasteiger charge is 2.39. The summed E-state index contributed by atoms with van der Waals surface area (Å²) >= 11 is 0. The van der Waals surface area contributed by atoms with Gasteiger partial charge in [-0.2, -0.15) is 0 Å². The van der Waals surface area contributed by atoms with Crippen LogP contribution in [-0.4, -0.2) is 27.6 Å². The second-order valence-corrected chi connectivity index (χ2v) is 4.78. The van der Waals surface area contributed by atoms with E-state index < -0.39 is 5.54 Å². The number of nitrogens with one attached hydrogen (secondary N) is 1. The Morgan fingerprint density at radius 3 is 2.63 bits per heavy atom. The molecule has 0 atom stereocenters. The molecule has 0 unspecified atom stereocenters. The Kier molecular flexibility index (Phi) is 3.59. The highest BCUT2D eigenvalue weighted by atomic mass is 16.4. The molecule has 0 spiro atoms. The number of hydrogen-bond acceptors (Lipinski definition) is 4. The van der Waals surface area contributed by atoms with Gasteiger partial charge in [-0.05, 0) is 31.0 Å². The summed E-state index contributed by atoms with van der Waals surface area (Å²) in [4.78, 5) is 12.2. The average Bonchev–Trinajstić information content (AvgIpc) is 2.87. The zero-order valence-corrected chi connectivity index (χ0v) is 10.5. The molecular formula is C13H17N3O3. The van der Waals surface area contributed by atoms with Crippen LogP contribution in [-0.2, 0) is 0 Å². The van der Waals surface area contributed by atoms with Crippen molar-refractivity contribution in [3.05, 3.63) is 29.8 Å². The molecule has 1 aliphatic rings. The van der Waals surface area contributed by atoms with Crippen molar-refractivity contribution in [2.45, 2.75) is 31.2 Å².